The van der Waals surface area contributed by atoms with E-state index in [0.29, 0.717) is 5.39 Å². The van der Waals surface area contributed by atoms with Crippen molar-refractivity contribution in [2.45, 2.75) is 6.92 Å². The molecule has 0 radical (unpaired) electrons. The van der Waals surface area contributed by atoms with Gasteiger partial charge in [-0.3, -0.25) is 0 Å². The van der Waals surface area contributed by atoms with Gasteiger partial charge < -0.3 is 8.98 Å². The van der Waals surface area contributed by atoms with E-state index in [0.717, 1.165) is 66.4 Å². The van der Waals surface area contributed by atoms with Crippen molar-refractivity contribution in [2.75, 3.05) is 0 Å². The van der Waals surface area contributed by atoms with Crippen molar-refractivity contribution in [3.05, 3.63) is 134 Å². The molecule has 3 heteroatoms. The maximum Gasteiger partial charge on any atom is 0.138 e. The van der Waals surface area contributed by atoms with E-state index in [9.17, 15) is 4.39 Å². The van der Waals surface area contributed by atoms with E-state index in [1.807, 2.05) is 59.3 Å². The number of benzene rings is 5. The highest BCUT2D eigenvalue weighted by Crippen LogP contribution is 2.42. The van der Waals surface area contributed by atoms with Crippen LogP contribution in [0.4, 0.5) is 4.39 Å². The third-order valence-electron chi connectivity index (χ3n) is 7.47. The summed E-state index contributed by atoms with van der Waals surface area (Å²) in [6.45, 7) is 2.10. The lowest BCUT2D eigenvalue weighted by Gasteiger charge is -2.17. The summed E-state index contributed by atoms with van der Waals surface area (Å²) in [5.41, 5.74) is 7.12. The lowest BCUT2D eigenvalue weighted by Crippen LogP contribution is -2.28. The quantitative estimate of drug-likeness (QED) is 0.136. The van der Waals surface area contributed by atoms with Gasteiger partial charge in [-0.05, 0) is 63.5 Å². The second kappa shape index (κ2) is 8.60. The molecule has 2 nitrogen and oxygen atoms in total. The molecule has 5 aromatic carbocycles. The summed E-state index contributed by atoms with van der Waals surface area (Å²) >= 11 is 0. The number of hydrogen-bond donors (Lipinski definition) is 0. The molecule has 0 spiro atoms. The molecule has 0 amide bonds. The number of hydrogen-bond acceptors (Lipinski definition) is 1. The van der Waals surface area contributed by atoms with Gasteiger partial charge in [0, 0.05) is 23.4 Å². The van der Waals surface area contributed by atoms with Gasteiger partial charge in [-0.1, -0.05) is 91.0 Å². The Balaban J connectivity index is 1.58. The number of nitrogens with zero attached hydrogens (tertiary/aromatic N) is 1. The van der Waals surface area contributed by atoms with Crippen molar-refractivity contribution in [1.29, 1.82) is 0 Å². The molecule has 0 aliphatic heterocycles. The Morgan fingerprint density at radius 3 is 2.08 bits per heavy atom. The zero-order valence-electron chi connectivity index (χ0n) is 20.9. The summed E-state index contributed by atoms with van der Waals surface area (Å²) in [7, 11) is 4.33. The molecule has 0 atom stereocenters. The number of pyridine rings is 1. The van der Waals surface area contributed by atoms with Crippen LogP contribution in [0.5, 0.6) is 0 Å². The van der Waals surface area contributed by atoms with Crippen molar-refractivity contribution < 1.29 is 13.4 Å². The summed E-state index contributed by atoms with van der Waals surface area (Å²) in [4.78, 5) is 0. The van der Waals surface area contributed by atoms with E-state index in [1.54, 1.807) is 6.07 Å². The van der Waals surface area contributed by atoms with Gasteiger partial charge in [0.25, 0.3) is 0 Å². The summed E-state index contributed by atoms with van der Waals surface area (Å²) in [5.74, 6) is 0.616. The first kappa shape index (κ1) is 22.3. The van der Waals surface area contributed by atoms with E-state index < -0.39 is 0 Å². The molecule has 0 aliphatic carbocycles. The monoisotopic (exact) mass is 493 g/mol. The molecule has 0 fully saturated rings. The molecule has 0 unspecified atom stereocenters. The van der Waals surface area contributed by atoms with Gasteiger partial charge in [-0.15, -0.1) is 0 Å². The predicted octanol–water partition coefficient (Wildman–Crippen LogP) is 9.11. The molecule has 38 heavy (non-hydrogen) atoms. The first-order valence-corrected chi connectivity index (χ1v) is 12.6. The number of aryl methyl sites for hydroxylation is 1. The minimum absolute atomic E-state index is 0.217. The maximum atomic E-state index is 14.6. The molecule has 0 saturated heterocycles. The Labute approximate surface area is 220 Å². The van der Waals surface area contributed by atoms with Crippen LogP contribution < -0.4 is 4.57 Å². The topological polar surface area (TPSA) is 17.0 Å². The van der Waals surface area contributed by atoms with Crippen molar-refractivity contribution in [2.24, 2.45) is 0 Å². The zero-order valence-corrected chi connectivity index (χ0v) is 20.9. The Morgan fingerprint density at radius 2 is 1.32 bits per heavy atom. The van der Waals surface area contributed by atoms with E-state index in [4.69, 9.17) is 4.42 Å². The lowest BCUT2D eigenvalue weighted by atomic mass is 9.91. The summed E-state index contributed by atoms with van der Waals surface area (Å²) in [5, 5.41) is 4.57. The van der Waals surface area contributed by atoms with Gasteiger partial charge in [-0.25, -0.2) is 4.39 Å². The van der Waals surface area contributed by atoms with Gasteiger partial charge in [0.05, 0.1) is 6.20 Å². The van der Waals surface area contributed by atoms with Crippen LogP contribution in [-0.2, 0) is 0 Å². The number of rotatable bonds is 3. The highest BCUT2D eigenvalue weighted by Gasteiger charge is 2.20. The highest BCUT2D eigenvalue weighted by atomic mass is 19.1. The second-order valence-electron chi connectivity index (χ2n) is 9.68. The fraction of sp³-hybridized carbons (Fsp3) is 0.0286. The summed E-state index contributed by atoms with van der Waals surface area (Å²) in [6.07, 6.45) is 1.95. The first-order valence-electron chi connectivity index (χ1n) is 12.6. The predicted molar refractivity (Wildman–Crippen MR) is 153 cm³/mol. The molecule has 0 aliphatic rings. The fourth-order valence-corrected chi connectivity index (χ4v) is 5.59. The summed E-state index contributed by atoms with van der Waals surface area (Å²) < 4.78 is 23.1. The smallest absolute Gasteiger partial charge is 0.138 e. The number of fused-ring (bicyclic) bond motifs is 4. The Bertz CT molecular complexity index is 1990. The molecular formula is C35H24FNO. The molecule has 0 saturated carbocycles. The molecule has 0 bridgehead atoms. The Kier molecular flexibility index (Phi) is 5.05. The van der Waals surface area contributed by atoms with Crippen LogP contribution in [0, 0.1) is 19.8 Å². The fourth-order valence-electron chi connectivity index (χ4n) is 5.59. The van der Waals surface area contributed by atoms with Gasteiger partial charge in [-0.2, -0.15) is 0 Å². The lowest BCUT2D eigenvalue weighted by molar-refractivity contribution is -0.599. The minimum atomic E-state index is -0.217. The Hall–Kier alpha value is -4.89. The van der Waals surface area contributed by atoms with Crippen LogP contribution in [0.25, 0.3) is 66.2 Å². The highest BCUT2D eigenvalue weighted by molar-refractivity contribution is 6.12. The zero-order chi connectivity index (χ0) is 25.8. The number of furan rings is 1. The molecule has 7 aromatic rings. The standard InChI is InChI=1S/C35H24FNO/c1-22-29(34-28-17-16-27-25(14-9-15-32(27)36)26(28)18-19-37(34)2)20-30(23-10-5-3-6-11-23)31-21-33(38-35(22)31)24-12-7-4-8-13-24/h3-21H,2H2,1H3. The SMILES string of the molecule is [CH2-][n+]1ccc2c(ccc3c(F)cccc32)c1-c1cc(-c2ccccc2)c2cc(-c3ccccc3)oc2c1C. The van der Waals surface area contributed by atoms with E-state index in [2.05, 4.69) is 62.5 Å². The number of halogens is 1. The average molecular weight is 494 g/mol. The molecule has 2 heterocycles. The molecule has 0 N–H and O–H groups in total. The van der Waals surface area contributed by atoms with Crippen molar-refractivity contribution in [3.63, 3.8) is 0 Å². The van der Waals surface area contributed by atoms with E-state index >= 15 is 0 Å². The largest absolute Gasteiger partial charge is 0.456 e. The van der Waals surface area contributed by atoms with Crippen molar-refractivity contribution in [1.82, 2.24) is 0 Å². The van der Waals surface area contributed by atoms with Gasteiger partial charge >= 0.3 is 0 Å². The summed E-state index contributed by atoms with van der Waals surface area (Å²) in [6, 6.07) is 36.1. The van der Waals surface area contributed by atoms with Gasteiger partial charge in [0.15, 0.2) is 0 Å². The van der Waals surface area contributed by atoms with Crippen LogP contribution in [-0.4, -0.2) is 0 Å². The third-order valence-corrected chi connectivity index (χ3v) is 7.47. The van der Waals surface area contributed by atoms with Crippen LogP contribution in [0.2, 0.25) is 0 Å². The normalized spacial score (nSPS) is 11.5. The molecule has 7 rings (SSSR count). The van der Waals surface area contributed by atoms with Crippen LogP contribution in [0.1, 0.15) is 5.56 Å². The Morgan fingerprint density at radius 1 is 0.632 bits per heavy atom. The van der Waals surface area contributed by atoms with Gasteiger partial charge in [0.2, 0.25) is 0 Å². The van der Waals surface area contributed by atoms with E-state index in [-0.39, 0.29) is 5.82 Å². The third kappa shape index (κ3) is 3.40. The maximum absolute atomic E-state index is 14.6. The average Bonchev–Trinajstić information content (AvgIpc) is 3.41. The number of aromatic nitrogens is 1. The van der Waals surface area contributed by atoms with Gasteiger partial charge in [0.1, 0.15) is 22.9 Å². The van der Waals surface area contributed by atoms with Crippen molar-refractivity contribution in [3.8, 4) is 33.7 Å². The minimum Gasteiger partial charge on any atom is -0.456 e. The molecule has 2 aromatic heterocycles. The van der Waals surface area contributed by atoms with Crippen LogP contribution in [0.3, 0.4) is 0 Å². The van der Waals surface area contributed by atoms with Crippen LogP contribution >= 0.6 is 0 Å². The van der Waals surface area contributed by atoms with E-state index in [1.165, 1.54) is 6.07 Å². The van der Waals surface area contributed by atoms with Crippen molar-refractivity contribution >= 4 is 32.5 Å². The first-order chi connectivity index (χ1) is 18.6. The molecule has 182 valence electrons. The van der Waals surface area contributed by atoms with Crippen LogP contribution in [0.15, 0.2) is 120 Å². The second-order valence-corrected chi connectivity index (χ2v) is 9.68. The molecular weight excluding hydrogens is 469 g/mol.